The maximum Gasteiger partial charge on any atom is 0.120 e. The van der Waals surface area contributed by atoms with Crippen LogP contribution in [0.3, 0.4) is 0 Å². The summed E-state index contributed by atoms with van der Waals surface area (Å²) in [6, 6.07) is 16.4. The highest BCUT2D eigenvalue weighted by molar-refractivity contribution is 9.10. The molecule has 0 bridgehead atoms. The summed E-state index contributed by atoms with van der Waals surface area (Å²) in [6.07, 6.45) is 0. The molecule has 2 aromatic carbocycles. The average molecular weight is 302 g/mol. The molecule has 0 unspecified atom stereocenters. The van der Waals surface area contributed by atoms with Crippen LogP contribution in [0.15, 0.2) is 53.0 Å². The summed E-state index contributed by atoms with van der Waals surface area (Å²) in [4.78, 5) is 3.41. The van der Waals surface area contributed by atoms with E-state index in [4.69, 9.17) is 4.74 Å². The maximum absolute atomic E-state index is 5.23. The van der Waals surface area contributed by atoms with Crippen LogP contribution < -0.4 is 4.74 Å². The smallest absolute Gasteiger partial charge is 0.120 e. The van der Waals surface area contributed by atoms with Crippen LogP contribution in [-0.2, 0) is 0 Å². The fourth-order valence-corrected chi connectivity index (χ4v) is 2.44. The fraction of sp³-hybridized carbons (Fsp3) is 0.0667. The van der Waals surface area contributed by atoms with Crippen molar-refractivity contribution in [2.45, 2.75) is 0 Å². The van der Waals surface area contributed by atoms with Crippen LogP contribution in [0.25, 0.3) is 22.2 Å². The van der Waals surface area contributed by atoms with E-state index in [1.165, 1.54) is 10.9 Å². The summed E-state index contributed by atoms with van der Waals surface area (Å²) in [6.45, 7) is 0. The van der Waals surface area contributed by atoms with Crippen molar-refractivity contribution in [3.8, 4) is 17.0 Å². The van der Waals surface area contributed by atoms with Gasteiger partial charge in [0.15, 0.2) is 0 Å². The number of H-pyrrole nitrogens is 1. The molecule has 0 amide bonds. The van der Waals surface area contributed by atoms with Gasteiger partial charge >= 0.3 is 0 Å². The van der Waals surface area contributed by atoms with E-state index in [2.05, 4.69) is 45.2 Å². The van der Waals surface area contributed by atoms with E-state index in [1.54, 1.807) is 7.11 Å². The Morgan fingerprint density at radius 1 is 1.06 bits per heavy atom. The molecular formula is C15H12BrNO. The number of ether oxygens (including phenoxy) is 1. The first-order chi connectivity index (χ1) is 8.76. The minimum absolute atomic E-state index is 0.866. The van der Waals surface area contributed by atoms with Crippen LogP contribution >= 0.6 is 15.9 Å². The molecule has 3 aromatic rings. The van der Waals surface area contributed by atoms with E-state index >= 15 is 0 Å². The number of hydrogen-bond acceptors (Lipinski definition) is 1. The highest BCUT2D eigenvalue weighted by Gasteiger charge is 2.04. The van der Waals surface area contributed by atoms with Crippen LogP contribution in [0, 0.1) is 0 Å². The summed E-state index contributed by atoms with van der Waals surface area (Å²) in [7, 11) is 1.68. The summed E-state index contributed by atoms with van der Waals surface area (Å²) in [5.74, 6) is 0.866. The second-order valence-electron chi connectivity index (χ2n) is 4.15. The van der Waals surface area contributed by atoms with Gasteiger partial charge in [-0.1, -0.05) is 28.1 Å². The Hall–Kier alpha value is -1.74. The number of halogens is 1. The molecular weight excluding hydrogens is 290 g/mol. The molecule has 0 fully saturated rings. The van der Waals surface area contributed by atoms with Gasteiger partial charge in [-0.05, 0) is 35.9 Å². The molecule has 18 heavy (non-hydrogen) atoms. The Labute approximate surface area is 114 Å². The molecule has 90 valence electrons. The summed E-state index contributed by atoms with van der Waals surface area (Å²) >= 11 is 3.49. The van der Waals surface area contributed by atoms with Gasteiger partial charge in [-0.3, -0.25) is 0 Å². The minimum atomic E-state index is 0.866. The molecule has 0 radical (unpaired) electrons. The minimum Gasteiger partial charge on any atom is -0.497 e. The summed E-state index contributed by atoms with van der Waals surface area (Å²) in [5, 5.41) is 1.19. The Morgan fingerprint density at radius 3 is 2.72 bits per heavy atom. The van der Waals surface area contributed by atoms with Crippen LogP contribution in [0.1, 0.15) is 0 Å². The SMILES string of the molecule is COc1ccc2cc(-c3cccc(Br)c3)[nH]c2c1. The molecule has 1 heterocycles. The number of methoxy groups -OCH3 is 1. The third kappa shape index (κ3) is 2.02. The van der Waals surface area contributed by atoms with Gasteiger partial charge in [-0.2, -0.15) is 0 Å². The van der Waals surface area contributed by atoms with Crippen LogP contribution in [0.5, 0.6) is 5.75 Å². The van der Waals surface area contributed by atoms with E-state index in [0.717, 1.165) is 21.4 Å². The van der Waals surface area contributed by atoms with Gasteiger partial charge < -0.3 is 9.72 Å². The second-order valence-corrected chi connectivity index (χ2v) is 5.06. The predicted molar refractivity (Wildman–Crippen MR) is 78.0 cm³/mol. The molecule has 0 spiro atoms. The predicted octanol–water partition coefficient (Wildman–Crippen LogP) is 4.61. The first kappa shape index (κ1) is 11.4. The van der Waals surface area contributed by atoms with Crippen molar-refractivity contribution in [2.24, 2.45) is 0 Å². The van der Waals surface area contributed by atoms with E-state index in [9.17, 15) is 0 Å². The lowest BCUT2D eigenvalue weighted by atomic mass is 10.1. The monoisotopic (exact) mass is 301 g/mol. The van der Waals surface area contributed by atoms with Crippen molar-refractivity contribution in [2.75, 3.05) is 7.11 Å². The summed E-state index contributed by atoms with van der Waals surface area (Å²) < 4.78 is 6.31. The number of benzene rings is 2. The van der Waals surface area contributed by atoms with Crippen molar-refractivity contribution < 1.29 is 4.74 Å². The molecule has 3 rings (SSSR count). The molecule has 0 aliphatic rings. The maximum atomic E-state index is 5.23. The Bertz CT molecular complexity index is 703. The van der Waals surface area contributed by atoms with Gasteiger partial charge in [0, 0.05) is 27.1 Å². The molecule has 1 N–H and O–H groups in total. The van der Waals surface area contributed by atoms with Crippen LogP contribution in [0.2, 0.25) is 0 Å². The zero-order chi connectivity index (χ0) is 12.5. The van der Waals surface area contributed by atoms with Gasteiger partial charge in [-0.25, -0.2) is 0 Å². The van der Waals surface area contributed by atoms with Gasteiger partial charge in [-0.15, -0.1) is 0 Å². The lowest BCUT2D eigenvalue weighted by Gasteiger charge is -1.98. The lowest BCUT2D eigenvalue weighted by molar-refractivity contribution is 0.415. The number of hydrogen-bond donors (Lipinski definition) is 1. The Balaban J connectivity index is 2.13. The van der Waals surface area contributed by atoms with Crippen molar-refractivity contribution in [1.29, 1.82) is 0 Å². The first-order valence-electron chi connectivity index (χ1n) is 5.69. The zero-order valence-corrected chi connectivity index (χ0v) is 11.5. The first-order valence-corrected chi connectivity index (χ1v) is 6.48. The molecule has 0 atom stereocenters. The normalized spacial score (nSPS) is 10.8. The van der Waals surface area contributed by atoms with Gasteiger partial charge in [0.1, 0.15) is 5.75 Å². The molecule has 0 saturated heterocycles. The Morgan fingerprint density at radius 2 is 1.94 bits per heavy atom. The summed E-state index contributed by atoms with van der Waals surface area (Å²) in [5.41, 5.74) is 3.36. The molecule has 3 heteroatoms. The quantitative estimate of drug-likeness (QED) is 0.735. The lowest BCUT2D eigenvalue weighted by Crippen LogP contribution is -1.81. The zero-order valence-electron chi connectivity index (χ0n) is 9.91. The van der Waals surface area contributed by atoms with E-state index < -0.39 is 0 Å². The highest BCUT2D eigenvalue weighted by Crippen LogP contribution is 2.28. The van der Waals surface area contributed by atoms with Crippen molar-refractivity contribution in [3.05, 3.63) is 53.0 Å². The third-order valence-electron chi connectivity index (χ3n) is 2.97. The number of aromatic nitrogens is 1. The number of aromatic amines is 1. The van der Waals surface area contributed by atoms with E-state index in [-0.39, 0.29) is 0 Å². The van der Waals surface area contributed by atoms with Crippen LogP contribution in [-0.4, -0.2) is 12.1 Å². The highest BCUT2D eigenvalue weighted by atomic mass is 79.9. The van der Waals surface area contributed by atoms with Crippen molar-refractivity contribution in [1.82, 2.24) is 4.98 Å². The number of rotatable bonds is 2. The van der Waals surface area contributed by atoms with Crippen molar-refractivity contribution in [3.63, 3.8) is 0 Å². The topological polar surface area (TPSA) is 25.0 Å². The van der Waals surface area contributed by atoms with Crippen molar-refractivity contribution >= 4 is 26.8 Å². The molecule has 0 aliphatic heterocycles. The second kappa shape index (κ2) is 4.50. The number of nitrogens with one attached hydrogen (secondary N) is 1. The molecule has 1 aromatic heterocycles. The van der Waals surface area contributed by atoms with Crippen LogP contribution in [0.4, 0.5) is 0 Å². The molecule has 0 aliphatic carbocycles. The van der Waals surface area contributed by atoms with Gasteiger partial charge in [0.2, 0.25) is 0 Å². The van der Waals surface area contributed by atoms with Gasteiger partial charge in [0.05, 0.1) is 7.11 Å². The number of fused-ring (bicyclic) bond motifs is 1. The average Bonchev–Trinajstić information content (AvgIpc) is 2.81. The molecule has 2 nitrogen and oxygen atoms in total. The fourth-order valence-electron chi connectivity index (χ4n) is 2.04. The van der Waals surface area contributed by atoms with Gasteiger partial charge in [0.25, 0.3) is 0 Å². The molecule has 0 saturated carbocycles. The Kier molecular flexibility index (Phi) is 2.84. The van der Waals surface area contributed by atoms with E-state index in [0.29, 0.717) is 0 Å². The third-order valence-corrected chi connectivity index (χ3v) is 3.46. The van der Waals surface area contributed by atoms with E-state index in [1.807, 2.05) is 24.3 Å². The standard InChI is InChI=1S/C15H12BrNO/c1-18-13-6-5-11-8-14(17-15(11)9-13)10-3-2-4-12(16)7-10/h2-9,17H,1H3. The largest absolute Gasteiger partial charge is 0.497 e.